The van der Waals surface area contributed by atoms with Crippen molar-refractivity contribution in [2.24, 2.45) is 5.92 Å². The van der Waals surface area contributed by atoms with E-state index in [1.807, 2.05) is 0 Å². The van der Waals surface area contributed by atoms with Gasteiger partial charge in [-0.25, -0.2) is 9.78 Å². The number of nitrogens with zero attached hydrogens (tertiary/aromatic N) is 1. The molecule has 1 aromatic heterocycles. The Kier molecular flexibility index (Phi) is 3.78. The maximum Gasteiger partial charge on any atom is 0.356 e. The lowest BCUT2D eigenvalue weighted by Gasteiger charge is -2.24. The van der Waals surface area contributed by atoms with Gasteiger partial charge in [0, 0.05) is 0 Å². The molecule has 0 aliphatic heterocycles. The van der Waals surface area contributed by atoms with Crippen LogP contribution >= 0.6 is 11.6 Å². The van der Waals surface area contributed by atoms with Crippen molar-refractivity contribution in [1.82, 2.24) is 4.98 Å². The van der Waals surface area contributed by atoms with Crippen molar-refractivity contribution in [1.29, 1.82) is 0 Å². The molecule has 16 heavy (non-hydrogen) atoms. The van der Waals surface area contributed by atoms with Gasteiger partial charge in [0.25, 0.3) is 0 Å². The molecule has 1 heterocycles. The molecule has 0 amide bonds. The van der Waals surface area contributed by atoms with Crippen LogP contribution in [-0.2, 0) is 4.74 Å². The lowest BCUT2D eigenvalue weighted by molar-refractivity contribution is 0.0457. The van der Waals surface area contributed by atoms with E-state index in [1.54, 1.807) is 18.2 Å². The number of pyridine rings is 1. The Bertz CT molecular complexity index is 377. The minimum atomic E-state index is -0.387. The Balaban J connectivity index is 1.78. The summed E-state index contributed by atoms with van der Waals surface area (Å²) in [5.74, 6) is 0.363. The minimum absolute atomic E-state index is 0.279. The number of halogens is 1. The molecule has 0 unspecified atom stereocenters. The third-order valence-electron chi connectivity index (χ3n) is 2.91. The van der Waals surface area contributed by atoms with Crippen molar-refractivity contribution >= 4 is 17.6 Å². The molecular formula is C12H14ClNO2. The van der Waals surface area contributed by atoms with Gasteiger partial charge in [-0.2, -0.15) is 0 Å². The SMILES string of the molecule is O=C(OCCC1CCC1)c1cccc(Cl)n1. The van der Waals surface area contributed by atoms with Crippen LogP contribution in [-0.4, -0.2) is 17.6 Å². The van der Waals surface area contributed by atoms with Crippen LogP contribution in [0.4, 0.5) is 0 Å². The highest BCUT2D eigenvalue weighted by Crippen LogP contribution is 2.29. The van der Waals surface area contributed by atoms with Crippen LogP contribution in [0.2, 0.25) is 5.15 Å². The summed E-state index contributed by atoms with van der Waals surface area (Å²) < 4.78 is 5.13. The molecule has 1 saturated carbocycles. The van der Waals surface area contributed by atoms with Crippen LogP contribution in [0.1, 0.15) is 36.2 Å². The predicted molar refractivity (Wildman–Crippen MR) is 61.5 cm³/mol. The van der Waals surface area contributed by atoms with E-state index >= 15 is 0 Å². The Morgan fingerprint density at radius 2 is 2.31 bits per heavy atom. The van der Waals surface area contributed by atoms with Crippen molar-refractivity contribution < 1.29 is 9.53 Å². The zero-order chi connectivity index (χ0) is 11.4. The third kappa shape index (κ3) is 2.95. The standard InChI is InChI=1S/C12H14ClNO2/c13-11-6-2-5-10(14-11)12(15)16-8-7-9-3-1-4-9/h2,5-6,9H,1,3-4,7-8H2. The molecule has 1 aliphatic carbocycles. The number of hydrogen-bond donors (Lipinski definition) is 0. The lowest BCUT2D eigenvalue weighted by atomic mass is 9.83. The Morgan fingerprint density at radius 1 is 1.50 bits per heavy atom. The fourth-order valence-electron chi connectivity index (χ4n) is 1.70. The molecule has 0 spiro atoms. The monoisotopic (exact) mass is 239 g/mol. The van der Waals surface area contributed by atoms with E-state index in [1.165, 1.54) is 19.3 Å². The molecule has 0 N–H and O–H groups in total. The summed E-state index contributed by atoms with van der Waals surface area (Å²) >= 11 is 5.69. The zero-order valence-electron chi connectivity index (χ0n) is 8.99. The first kappa shape index (κ1) is 11.4. The molecule has 1 aromatic rings. The first-order valence-corrected chi connectivity index (χ1v) is 5.93. The number of rotatable bonds is 4. The van der Waals surface area contributed by atoms with Gasteiger partial charge in [0.15, 0.2) is 0 Å². The average molecular weight is 240 g/mol. The number of aromatic nitrogens is 1. The Labute approximate surface area is 99.8 Å². The molecule has 0 atom stereocenters. The Morgan fingerprint density at radius 3 is 2.94 bits per heavy atom. The minimum Gasteiger partial charge on any atom is -0.461 e. The van der Waals surface area contributed by atoms with Crippen LogP contribution in [0, 0.1) is 5.92 Å². The molecule has 2 rings (SSSR count). The molecule has 0 bridgehead atoms. The van der Waals surface area contributed by atoms with Crippen molar-refractivity contribution in [2.45, 2.75) is 25.7 Å². The summed E-state index contributed by atoms with van der Waals surface area (Å²) in [5, 5.41) is 0.313. The van der Waals surface area contributed by atoms with Gasteiger partial charge < -0.3 is 4.74 Å². The topological polar surface area (TPSA) is 39.2 Å². The first-order chi connectivity index (χ1) is 7.75. The maximum absolute atomic E-state index is 11.5. The van der Waals surface area contributed by atoms with Gasteiger partial charge in [0.2, 0.25) is 0 Å². The number of esters is 1. The molecule has 0 aromatic carbocycles. The number of ether oxygens (including phenoxy) is 1. The highest BCUT2D eigenvalue weighted by Gasteiger charge is 2.18. The Hall–Kier alpha value is -1.09. The fourth-order valence-corrected chi connectivity index (χ4v) is 1.86. The third-order valence-corrected chi connectivity index (χ3v) is 3.12. The molecule has 3 nitrogen and oxygen atoms in total. The summed E-state index contributed by atoms with van der Waals surface area (Å²) in [6, 6.07) is 4.93. The summed E-state index contributed by atoms with van der Waals surface area (Å²) in [6.07, 6.45) is 4.82. The predicted octanol–water partition coefficient (Wildman–Crippen LogP) is 3.08. The largest absolute Gasteiger partial charge is 0.461 e. The van der Waals surface area contributed by atoms with E-state index in [4.69, 9.17) is 16.3 Å². The molecule has 0 radical (unpaired) electrons. The first-order valence-electron chi connectivity index (χ1n) is 5.55. The highest BCUT2D eigenvalue weighted by molar-refractivity contribution is 6.29. The lowest BCUT2D eigenvalue weighted by Crippen LogP contribution is -2.16. The average Bonchev–Trinajstić information content (AvgIpc) is 2.21. The molecule has 1 aliphatic rings. The number of carbonyl (C=O) groups is 1. The van der Waals surface area contributed by atoms with Gasteiger partial charge in [-0.1, -0.05) is 36.9 Å². The van der Waals surface area contributed by atoms with Crippen LogP contribution in [0.5, 0.6) is 0 Å². The maximum atomic E-state index is 11.5. The van der Waals surface area contributed by atoms with Crippen LogP contribution in [0.3, 0.4) is 0 Å². The second kappa shape index (κ2) is 5.30. The second-order valence-corrected chi connectivity index (χ2v) is 4.45. The highest BCUT2D eigenvalue weighted by atomic mass is 35.5. The van der Waals surface area contributed by atoms with E-state index in [9.17, 15) is 4.79 Å². The van der Waals surface area contributed by atoms with Crippen molar-refractivity contribution in [2.75, 3.05) is 6.61 Å². The van der Waals surface area contributed by atoms with E-state index in [2.05, 4.69) is 4.98 Å². The molecule has 0 saturated heterocycles. The van der Waals surface area contributed by atoms with Crippen LogP contribution < -0.4 is 0 Å². The second-order valence-electron chi connectivity index (χ2n) is 4.07. The van der Waals surface area contributed by atoms with E-state index < -0.39 is 0 Å². The van der Waals surface area contributed by atoms with E-state index in [-0.39, 0.29) is 11.7 Å². The number of hydrogen-bond acceptors (Lipinski definition) is 3. The van der Waals surface area contributed by atoms with Gasteiger partial charge in [0.05, 0.1) is 6.61 Å². The number of carbonyl (C=O) groups excluding carboxylic acids is 1. The van der Waals surface area contributed by atoms with E-state index in [0.29, 0.717) is 11.8 Å². The van der Waals surface area contributed by atoms with Gasteiger partial charge in [-0.15, -0.1) is 0 Å². The van der Waals surface area contributed by atoms with Gasteiger partial charge >= 0.3 is 5.97 Å². The van der Waals surface area contributed by atoms with Gasteiger partial charge in [0.1, 0.15) is 10.8 Å². The van der Waals surface area contributed by atoms with Crippen molar-refractivity contribution in [3.05, 3.63) is 29.0 Å². The summed E-state index contributed by atoms with van der Waals surface area (Å²) in [4.78, 5) is 15.4. The van der Waals surface area contributed by atoms with Gasteiger partial charge in [-0.05, 0) is 24.5 Å². The van der Waals surface area contributed by atoms with Crippen LogP contribution in [0.15, 0.2) is 18.2 Å². The van der Waals surface area contributed by atoms with Crippen molar-refractivity contribution in [3.8, 4) is 0 Å². The fraction of sp³-hybridized carbons (Fsp3) is 0.500. The zero-order valence-corrected chi connectivity index (χ0v) is 9.74. The van der Waals surface area contributed by atoms with E-state index in [0.717, 1.165) is 12.3 Å². The van der Waals surface area contributed by atoms with Crippen molar-refractivity contribution in [3.63, 3.8) is 0 Å². The molecular weight excluding hydrogens is 226 g/mol. The summed E-state index contributed by atoms with van der Waals surface area (Å²) in [5.41, 5.74) is 0.279. The molecule has 4 heteroatoms. The molecule has 86 valence electrons. The van der Waals surface area contributed by atoms with Crippen LogP contribution in [0.25, 0.3) is 0 Å². The summed E-state index contributed by atoms with van der Waals surface area (Å²) in [7, 11) is 0. The smallest absolute Gasteiger partial charge is 0.356 e. The van der Waals surface area contributed by atoms with Gasteiger partial charge in [-0.3, -0.25) is 0 Å². The summed E-state index contributed by atoms with van der Waals surface area (Å²) in [6.45, 7) is 0.484. The quantitative estimate of drug-likeness (QED) is 0.599. The molecule has 1 fully saturated rings. The normalized spacial score (nSPS) is 15.6.